The van der Waals surface area contributed by atoms with Gasteiger partial charge in [0, 0.05) is 32.7 Å². The summed E-state index contributed by atoms with van der Waals surface area (Å²) in [6.45, 7) is 7.47. The van der Waals surface area contributed by atoms with Gasteiger partial charge in [0.1, 0.15) is 0 Å². The SMILES string of the molecule is CCC(C)CNC(=O)C(=O)N1CCNCC1. The van der Waals surface area contributed by atoms with Gasteiger partial charge in [-0.2, -0.15) is 0 Å². The third-order valence-corrected chi connectivity index (χ3v) is 2.91. The van der Waals surface area contributed by atoms with Gasteiger partial charge in [0.05, 0.1) is 0 Å². The fourth-order valence-corrected chi connectivity index (χ4v) is 1.50. The largest absolute Gasteiger partial charge is 0.348 e. The van der Waals surface area contributed by atoms with E-state index in [0.717, 1.165) is 19.5 Å². The fourth-order valence-electron chi connectivity index (χ4n) is 1.50. The van der Waals surface area contributed by atoms with Gasteiger partial charge in [-0.15, -0.1) is 0 Å². The van der Waals surface area contributed by atoms with Gasteiger partial charge in [0.15, 0.2) is 0 Å². The molecule has 0 aromatic heterocycles. The maximum atomic E-state index is 11.7. The standard InChI is InChI=1S/C11H21N3O2/c1-3-9(2)8-13-10(15)11(16)14-6-4-12-5-7-14/h9,12H,3-8H2,1-2H3,(H,13,15). The van der Waals surface area contributed by atoms with E-state index in [-0.39, 0.29) is 0 Å². The van der Waals surface area contributed by atoms with Crippen molar-refractivity contribution in [2.75, 3.05) is 32.7 Å². The molecule has 0 aliphatic carbocycles. The van der Waals surface area contributed by atoms with Crippen molar-refractivity contribution in [3.63, 3.8) is 0 Å². The van der Waals surface area contributed by atoms with Crippen molar-refractivity contribution in [1.29, 1.82) is 0 Å². The van der Waals surface area contributed by atoms with Crippen LogP contribution in [-0.4, -0.2) is 49.4 Å². The molecule has 0 radical (unpaired) electrons. The Morgan fingerprint density at radius 1 is 1.38 bits per heavy atom. The normalized spacial score (nSPS) is 18.0. The average Bonchev–Trinajstić information content (AvgIpc) is 2.35. The molecule has 1 aliphatic rings. The fraction of sp³-hybridized carbons (Fsp3) is 0.818. The van der Waals surface area contributed by atoms with E-state index in [1.165, 1.54) is 0 Å². The summed E-state index contributed by atoms with van der Waals surface area (Å²) in [5.74, 6) is -0.452. The summed E-state index contributed by atoms with van der Waals surface area (Å²) in [6, 6.07) is 0. The molecule has 1 heterocycles. The molecule has 2 N–H and O–H groups in total. The number of carbonyl (C=O) groups excluding carboxylic acids is 2. The molecule has 0 saturated carbocycles. The molecule has 0 aromatic carbocycles. The van der Waals surface area contributed by atoms with E-state index in [1.54, 1.807) is 4.90 Å². The van der Waals surface area contributed by atoms with Gasteiger partial charge in [-0.1, -0.05) is 20.3 Å². The molecule has 1 fully saturated rings. The van der Waals surface area contributed by atoms with Gasteiger partial charge in [0.2, 0.25) is 0 Å². The lowest BCUT2D eigenvalue weighted by Gasteiger charge is -2.26. The summed E-state index contributed by atoms with van der Waals surface area (Å²) in [4.78, 5) is 24.8. The van der Waals surface area contributed by atoms with Crippen molar-refractivity contribution in [2.45, 2.75) is 20.3 Å². The van der Waals surface area contributed by atoms with Gasteiger partial charge in [0.25, 0.3) is 0 Å². The Labute approximate surface area is 96.6 Å². The van der Waals surface area contributed by atoms with Gasteiger partial charge in [-0.25, -0.2) is 0 Å². The maximum Gasteiger partial charge on any atom is 0.311 e. The number of piperazine rings is 1. The predicted octanol–water partition coefficient (Wildman–Crippen LogP) is -0.419. The summed E-state index contributed by atoms with van der Waals surface area (Å²) < 4.78 is 0. The van der Waals surface area contributed by atoms with Crippen molar-refractivity contribution >= 4 is 11.8 Å². The van der Waals surface area contributed by atoms with Crippen molar-refractivity contribution in [3.8, 4) is 0 Å². The summed E-state index contributed by atoms with van der Waals surface area (Å²) in [6.07, 6.45) is 1.00. The van der Waals surface area contributed by atoms with Crippen LogP contribution in [0.25, 0.3) is 0 Å². The Kier molecular flexibility index (Phi) is 5.25. The first-order valence-corrected chi connectivity index (χ1v) is 5.93. The van der Waals surface area contributed by atoms with Crippen molar-refractivity contribution in [2.24, 2.45) is 5.92 Å². The van der Waals surface area contributed by atoms with Crippen LogP contribution >= 0.6 is 0 Å². The monoisotopic (exact) mass is 227 g/mol. The number of carbonyl (C=O) groups is 2. The zero-order valence-corrected chi connectivity index (χ0v) is 10.1. The molecule has 5 nitrogen and oxygen atoms in total. The minimum Gasteiger partial charge on any atom is -0.348 e. The maximum absolute atomic E-state index is 11.7. The highest BCUT2D eigenvalue weighted by molar-refractivity contribution is 6.35. The molecule has 92 valence electrons. The summed E-state index contributed by atoms with van der Waals surface area (Å²) in [7, 11) is 0. The highest BCUT2D eigenvalue weighted by atomic mass is 16.2. The third kappa shape index (κ3) is 3.81. The summed E-state index contributed by atoms with van der Waals surface area (Å²) in [5, 5.41) is 5.82. The van der Waals surface area contributed by atoms with Crippen LogP contribution in [0, 0.1) is 5.92 Å². The molecule has 5 heteroatoms. The second-order valence-corrected chi connectivity index (χ2v) is 4.27. The topological polar surface area (TPSA) is 61.4 Å². The van der Waals surface area contributed by atoms with Crippen LogP contribution < -0.4 is 10.6 Å². The molecule has 1 saturated heterocycles. The van der Waals surface area contributed by atoms with Crippen LogP contribution in [0.3, 0.4) is 0 Å². The Morgan fingerprint density at radius 3 is 2.56 bits per heavy atom. The Morgan fingerprint density at radius 2 is 2.00 bits per heavy atom. The van der Waals surface area contributed by atoms with Gasteiger partial charge >= 0.3 is 11.8 Å². The molecular formula is C11H21N3O2. The first-order chi connectivity index (χ1) is 7.65. The van der Waals surface area contributed by atoms with E-state index in [1.807, 2.05) is 0 Å². The first-order valence-electron chi connectivity index (χ1n) is 5.93. The van der Waals surface area contributed by atoms with Crippen molar-refractivity contribution < 1.29 is 9.59 Å². The summed E-state index contributed by atoms with van der Waals surface area (Å²) in [5.41, 5.74) is 0. The smallest absolute Gasteiger partial charge is 0.311 e. The lowest BCUT2D eigenvalue weighted by molar-refractivity contribution is -0.146. The van der Waals surface area contributed by atoms with Crippen LogP contribution in [-0.2, 0) is 9.59 Å². The summed E-state index contributed by atoms with van der Waals surface area (Å²) >= 11 is 0. The van der Waals surface area contributed by atoms with E-state index < -0.39 is 11.8 Å². The average molecular weight is 227 g/mol. The molecule has 1 rings (SSSR count). The van der Waals surface area contributed by atoms with Gasteiger partial charge < -0.3 is 15.5 Å². The van der Waals surface area contributed by atoms with E-state index >= 15 is 0 Å². The zero-order valence-electron chi connectivity index (χ0n) is 10.1. The van der Waals surface area contributed by atoms with E-state index in [9.17, 15) is 9.59 Å². The third-order valence-electron chi connectivity index (χ3n) is 2.91. The first kappa shape index (κ1) is 13.0. The number of nitrogens with one attached hydrogen (secondary N) is 2. The molecule has 0 spiro atoms. The molecule has 2 amide bonds. The highest BCUT2D eigenvalue weighted by Crippen LogP contribution is 1.98. The highest BCUT2D eigenvalue weighted by Gasteiger charge is 2.22. The molecule has 0 bridgehead atoms. The quantitative estimate of drug-likeness (QED) is 0.644. The van der Waals surface area contributed by atoms with Crippen molar-refractivity contribution in [3.05, 3.63) is 0 Å². The second kappa shape index (κ2) is 6.48. The molecule has 16 heavy (non-hydrogen) atoms. The van der Waals surface area contributed by atoms with Gasteiger partial charge in [-0.3, -0.25) is 9.59 Å². The van der Waals surface area contributed by atoms with Crippen LogP contribution in [0.2, 0.25) is 0 Å². The lowest BCUT2D eigenvalue weighted by atomic mass is 10.1. The predicted molar refractivity (Wildman–Crippen MR) is 61.9 cm³/mol. The number of hydrogen-bond acceptors (Lipinski definition) is 3. The van der Waals surface area contributed by atoms with Crippen LogP contribution in [0.15, 0.2) is 0 Å². The lowest BCUT2D eigenvalue weighted by Crippen LogP contribution is -2.51. The Bertz CT molecular complexity index is 250. The van der Waals surface area contributed by atoms with Crippen LogP contribution in [0.1, 0.15) is 20.3 Å². The molecular weight excluding hydrogens is 206 g/mol. The minimum atomic E-state index is -0.470. The number of nitrogens with zero attached hydrogens (tertiary/aromatic N) is 1. The number of rotatable bonds is 3. The van der Waals surface area contributed by atoms with Crippen LogP contribution in [0.5, 0.6) is 0 Å². The Balaban J connectivity index is 2.32. The zero-order chi connectivity index (χ0) is 12.0. The molecule has 0 aromatic rings. The second-order valence-electron chi connectivity index (χ2n) is 4.27. The number of amides is 2. The molecule has 1 atom stereocenters. The van der Waals surface area contributed by atoms with E-state index in [0.29, 0.717) is 25.6 Å². The van der Waals surface area contributed by atoms with E-state index in [2.05, 4.69) is 24.5 Å². The van der Waals surface area contributed by atoms with E-state index in [4.69, 9.17) is 0 Å². The van der Waals surface area contributed by atoms with Crippen LogP contribution in [0.4, 0.5) is 0 Å². The molecule has 1 aliphatic heterocycles. The van der Waals surface area contributed by atoms with Gasteiger partial charge in [-0.05, 0) is 5.92 Å². The molecule has 1 unspecified atom stereocenters. The Hall–Kier alpha value is -1.10. The number of hydrogen-bond donors (Lipinski definition) is 2. The van der Waals surface area contributed by atoms with Crippen molar-refractivity contribution in [1.82, 2.24) is 15.5 Å². The minimum absolute atomic E-state index is 0.398.